The van der Waals surface area contributed by atoms with Crippen LogP contribution < -0.4 is 0 Å². The zero-order chi connectivity index (χ0) is 12.9. The molecule has 3 nitrogen and oxygen atoms in total. The molecule has 0 fully saturated rings. The van der Waals surface area contributed by atoms with Gasteiger partial charge in [-0.2, -0.15) is 4.89 Å². The maximum Gasteiger partial charge on any atom is 0.345 e. The second-order valence-corrected chi connectivity index (χ2v) is 4.50. The number of hydrogen-bond donors (Lipinski definition) is 0. The number of rotatable bonds is 11. The highest BCUT2D eigenvalue weighted by Crippen LogP contribution is 2.19. The highest BCUT2D eigenvalue weighted by atomic mass is 17.2. The standard InChI is InChI=1S/C14H28O3/c1-4-7-9-10-12-13(11-8-5-2)14(15)17-16-6-3/h13H,4-12H2,1-3H3. The molecular weight excluding hydrogens is 216 g/mol. The molecule has 0 bridgehead atoms. The number of unbranched alkanes of at least 4 members (excludes halogenated alkanes) is 4. The van der Waals surface area contributed by atoms with Gasteiger partial charge in [0.2, 0.25) is 0 Å². The second-order valence-electron chi connectivity index (χ2n) is 4.50. The summed E-state index contributed by atoms with van der Waals surface area (Å²) in [5.74, 6) is -0.157. The lowest BCUT2D eigenvalue weighted by molar-refractivity contribution is -0.273. The first-order valence-corrected chi connectivity index (χ1v) is 7.09. The molecule has 0 amide bonds. The fraction of sp³-hybridized carbons (Fsp3) is 0.929. The quantitative estimate of drug-likeness (QED) is 0.309. The first-order chi connectivity index (χ1) is 8.26. The fourth-order valence-corrected chi connectivity index (χ4v) is 1.83. The van der Waals surface area contributed by atoms with Crippen molar-refractivity contribution in [1.82, 2.24) is 0 Å². The zero-order valence-corrected chi connectivity index (χ0v) is 11.7. The van der Waals surface area contributed by atoms with E-state index >= 15 is 0 Å². The highest BCUT2D eigenvalue weighted by Gasteiger charge is 2.19. The van der Waals surface area contributed by atoms with E-state index in [1.54, 1.807) is 0 Å². The van der Waals surface area contributed by atoms with E-state index in [2.05, 4.69) is 13.8 Å². The third-order valence-electron chi connectivity index (χ3n) is 2.90. The average molecular weight is 244 g/mol. The van der Waals surface area contributed by atoms with Crippen LogP contribution in [0.2, 0.25) is 0 Å². The molecule has 0 saturated carbocycles. The van der Waals surface area contributed by atoms with E-state index < -0.39 is 0 Å². The summed E-state index contributed by atoms with van der Waals surface area (Å²) < 4.78 is 0. The van der Waals surface area contributed by atoms with Crippen LogP contribution in [0.4, 0.5) is 0 Å². The van der Waals surface area contributed by atoms with Gasteiger partial charge in [0.05, 0.1) is 12.5 Å². The molecule has 102 valence electrons. The van der Waals surface area contributed by atoms with Gasteiger partial charge in [0.1, 0.15) is 0 Å². The summed E-state index contributed by atoms with van der Waals surface area (Å²) in [6.45, 7) is 6.57. The normalized spacial score (nSPS) is 12.4. The van der Waals surface area contributed by atoms with Crippen molar-refractivity contribution in [2.75, 3.05) is 6.61 Å². The summed E-state index contributed by atoms with van der Waals surface area (Å²) in [5.41, 5.74) is 0. The molecule has 0 N–H and O–H groups in total. The lowest BCUT2D eigenvalue weighted by Crippen LogP contribution is -2.18. The summed E-state index contributed by atoms with van der Waals surface area (Å²) in [6, 6.07) is 0. The van der Waals surface area contributed by atoms with Crippen LogP contribution in [0.25, 0.3) is 0 Å². The van der Waals surface area contributed by atoms with Crippen molar-refractivity contribution < 1.29 is 14.6 Å². The van der Waals surface area contributed by atoms with Gasteiger partial charge in [0.15, 0.2) is 0 Å². The SMILES string of the molecule is CCCCCCC(CCCC)C(=O)OOCC. The third kappa shape index (κ3) is 9.16. The molecule has 0 aliphatic heterocycles. The van der Waals surface area contributed by atoms with Gasteiger partial charge in [-0.05, 0) is 19.8 Å². The van der Waals surface area contributed by atoms with Gasteiger partial charge in [0, 0.05) is 0 Å². The molecule has 0 aliphatic rings. The lowest BCUT2D eigenvalue weighted by atomic mass is 9.95. The van der Waals surface area contributed by atoms with Crippen LogP contribution in [-0.4, -0.2) is 12.6 Å². The summed E-state index contributed by atoms with van der Waals surface area (Å²) in [4.78, 5) is 21.2. The van der Waals surface area contributed by atoms with Gasteiger partial charge in [-0.15, -0.1) is 0 Å². The number of carbonyl (C=O) groups is 1. The predicted octanol–water partition coefficient (Wildman–Crippen LogP) is 4.26. The van der Waals surface area contributed by atoms with E-state index in [9.17, 15) is 4.79 Å². The van der Waals surface area contributed by atoms with Crippen LogP contribution in [-0.2, 0) is 14.6 Å². The summed E-state index contributed by atoms with van der Waals surface area (Å²) in [5, 5.41) is 0. The van der Waals surface area contributed by atoms with Gasteiger partial charge < -0.3 is 0 Å². The zero-order valence-electron chi connectivity index (χ0n) is 11.7. The Labute approximate surface area is 106 Å². The number of hydrogen-bond acceptors (Lipinski definition) is 3. The Kier molecular flexibility index (Phi) is 11.5. The van der Waals surface area contributed by atoms with Crippen molar-refractivity contribution in [2.45, 2.75) is 72.1 Å². The smallest absolute Gasteiger partial charge is 0.298 e. The van der Waals surface area contributed by atoms with Crippen LogP contribution in [0.15, 0.2) is 0 Å². The molecule has 0 aromatic heterocycles. The van der Waals surface area contributed by atoms with E-state index in [1.165, 1.54) is 19.3 Å². The Bertz CT molecular complexity index is 180. The van der Waals surface area contributed by atoms with Crippen molar-refractivity contribution in [3.63, 3.8) is 0 Å². The minimum Gasteiger partial charge on any atom is -0.298 e. The topological polar surface area (TPSA) is 35.5 Å². The first kappa shape index (κ1) is 16.4. The Morgan fingerprint density at radius 1 is 0.941 bits per heavy atom. The summed E-state index contributed by atoms with van der Waals surface area (Å²) >= 11 is 0. The summed E-state index contributed by atoms with van der Waals surface area (Å²) in [6.07, 6.45) is 8.86. The van der Waals surface area contributed by atoms with Gasteiger partial charge in [-0.25, -0.2) is 4.79 Å². The molecule has 17 heavy (non-hydrogen) atoms. The molecule has 1 atom stereocenters. The van der Waals surface area contributed by atoms with E-state index in [4.69, 9.17) is 9.78 Å². The molecule has 0 saturated heterocycles. The van der Waals surface area contributed by atoms with Crippen molar-refractivity contribution in [2.24, 2.45) is 5.92 Å². The predicted molar refractivity (Wildman–Crippen MR) is 69.5 cm³/mol. The summed E-state index contributed by atoms with van der Waals surface area (Å²) in [7, 11) is 0. The monoisotopic (exact) mass is 244 g/mol. The molecule has 0 aromatic rings. The molecule has 0 radical (unpaired) electrons. The first-order valence-electron chi connectivity index (χ1n) is 7.09. The molecule has 1 unspecified atom stereocenters. The van der Waals surface area contributed by atoms with Gasteiger partial charge in [-0.3, -0.25) is 4.89 Å². The molecule has 0 spiro atoms. The minimum atomic E-state index is -0.184. The lowest BCUT2D eigenvalue weighted by Gasteiger charge is -2.14. The second kappa shape index (κ2) is 11.9. The molecule has 0 aromatic carbocycles. The van der Waals surface area contributed by atoms with Gasteiger partial charge in [0.25, 0.3) is 0 Å². The van der Waals surface area contributed by atoms with Crippen molar-refractivity contribution >= 4 is 5.97 Å². The molecular formula is C14H28O3. The van der Waals surface area contributed by atoms with Gasteiger partial charge >= 0.3 is 5.97 Å². The van der Waals surface area contributed by atoms with Crippen LogP contribution in [0.1, 0.15) is 72.1 Å². The van der Waals surface area contributed by atoms with E-state index in [1.807, 2.05) is 6.92 Å². The van der Waals surface area contributed by atoms with Crippen LogP contribution in [0, 0.1) is 5.92 Å². The van der Waals surface area contributed by atoms with Crippen LogP contribution in [0.3, 0.4) is 0 Å². The molecule has 0 aliphatic carbocycles. The maximum absolute atomic E-state index is 11.7. The fourth-order valence-electron chi connectivity index (χ4n) is 1.83. The highest BCUT2D eigenvalue weighted by molar-refractivity contribution is 5.71. The molecule has 0 rings (SSSR count). The Morgan fingerprint density at radius 3 is 2.18 bits per heavy atom. The molecule has 0 heterocycles. The van der Waals surface area contributed by atoms with E-state index in [0.717, 1.165) is 32.1 Å². The van der Waals surface area contributed by atoms with E-state index in [0.29, 0.717) is 6.61 Å². The molecule has 3 heteroatoms. The Hall–Kier alpha value is -0.570. The average Bonchev–Trinajstić information content (AvgIpc) is 2.35. The van der Waals surface area contributed by atoms with Crippen LogP contribution >= 0.6 is 0 Å². The maximum atomic E-state index is 11.7. The van der Waals surface area contributed by atoms with Crippen molar-refractivity contribution in [3.8, 4) is 0 Å². The largest absolute Gasteiger partial charge is 0.345 e. The number of carbonyl (C=O) groups excluding carboxylic acids is 1. The van der Waals surface area contributed by atoms with Gasteiger partial charge in [-0.1, -0.05) is 52.4 Å². The van der Waals surface area contributed by atoms with Crippen molar-refractivity contribution in [1.29, 1.82) is 0 Å². The Morgan fingerprint density at radius 2 is 1.59 bits per heavy atom. The Balaban J connectivity index is 3.89. The minimum absolute atomic E-state index is 0.0263. The van der Waals surface area contributed by atoms with Crippen molar-refractivity contribution in [3.05, 3.63) is 0 Å². The van der Waals surface area contributed by atoms with Crippen LogP contribution in [0.5, 0.6) is 0 Å². The third-order valence-corrected chi connectivity index (χ3v) is 2.90. The van der Waals surface area contributed by atoms with E-state index in [-0.39, 0.29) is 11.9 Å².